The van der Waals surface area contributed by atoms with Gasteiger partial charge in [-0.05, 0) is 43.0 Å². The Morgan fingerprint density at radius 3 is 2.85 bits per heavy atom. The second-order valence-electron chi connectivity index (χ2n) is 3.73. The van der Waals surface area contributed by atoms with Crippen LogP contribution in [0.1, 0.15) is 29.2 Å². The van der Waals surface area contributed by atoms with Gasteiger partial charge in [0, 0.05) is 12.0 Å². The highest BCUT2D eigenvalue weighted by atomic mass is 16.5. The molecule has 13 heavy (non-hydrogen) atoms. The van der Waals surface area contributed by atoms with Gasteiger partial charge in [-0.2, -0.15) is 0 Å². The third-order valence-electron chi connectivity index (χ3n) is 3.02. The van der Waals surface area contributed by atoms with Crippen LogP contribution in [0.25, 0.3) is 0 Å². The molecule has 0 saturated carbocycles. The molecule has 0 aromatic heterocycles. The Hall–Kier alpha value is -0.980. The maximum absolute atomic E-state index is 5.58. The van der Waals surface area contributed by atoms with Gasteiger partial charge in [-0.15, -0.1) is 0 Å². The highest BCUT2D eigenvalue weighted by molar-refractivity contribution is 5.50. The smallest absolute Gasteiger partial charge is 0.123 e. The van der Waals surface area contributed by atoms with E-state index in [1.165, 1.54) is 22.3 Å². The highest BCUT2D eigenvalue weighted by Crippen LogP contribution is 2.32. The average molecular weight is 176 g/mol. The normalized spacial score (nSPS) is 14.1. The Kier molecular flexibility index (Phi) is 2.03. The third kappa shape index (κ3) is 1.23. The van der Waals surface area contributed by atoms with Crippen LogP contribution in [0.15, 0.2) is 6.07 Å². The van der Waals surface area contributed by atoms with Crippen molar-refractivity contribution in [2.45, 2.75) is 33.6 Å². The summed E-state index contributed by atoms with van der Waals surface area (Å²) in [6.07, 6.45) is 2.22. The van der Waals surface area contributed by atoms with Gasteiger partial charge >= 0.3 is 0 Å². The first-order valence-corrected chi connectivity index (χ1v) is 4.98. The lowest BCUT2D eigenvalue weighted by molar-refractivity contribution is 0.356. The molecule has 0 unspecified atom stereocenters. The quantitative estimate of drug-likeness (QED) is 0.639. The van der Waals surface area contributed by atoms with E-state index in [1.54, 1.807) is 0 Å². The summed E-state index contributed by atoms with van der Waals surface area (Å²) in [5, 5.41) is 0. The SMILES string of the molecule is CCc1c(C)c(C)cc2c1CCO2. The van der Waals surface area contributed by atoms with E-state index in [4.69, 9.17) is 4.74 Å². The van der Waals surface area contributed by atoms with E-state index < -0.39 is 0 Å². The first-order chi connectivity index (χ1) is 6.24. The van der Waals surface area contributed by atoms with Gasteiger partial charge < -0.3 is 4.74 Å². The van der Waals surface area contributed by atoms with Gasteiger partial charge in [0.15, 0.2) is 0 Å². The number of rotatable bonds is 1. The van der Waals surface area contributed by atoms with Crippen LogP contribution in [-0.2, 0) is 12.8 Å². The molecule has 1 aromatic carbocycles. The molecule has 0 fully saturated rings. The molecule has 1 aromatic rings. The number of hydrogen-bond acceptors (Lipinski definition) is 1. The summed E-state index contributed by atoms with van der Waals surface area (Å²) in [5.41, 5.74) is 5.77. The Balaban J connectivity index is 2.64. The topological polar surface area (TPSA) is 9.23 Å². The van der Waals surface area contributed by atoms with Gasteiger partial charge in [-0.25, -0.2) is 0 Å². The molecule has 0 radical (unpaired) electrons. The molecule has 0 bridgehead atoms. The summed E-state index contributed by atoms with van der Waals surface area (Å²) in [5.74, 6) is 1.12. The number of hydrogen-bond donors (Lipinski definition) is 0. The summed E-state index contributed by atoms with van der Waals surface area (Å²) < 4.78 is 5.58. The summed E-state index contributed by atoms with van der Waals surface area (Å²) in [6, 6.07) is 2.18. The maximum Gasteiger partial charge on any atom is 0.123 e. The zero-order valence-corrected chi connectivity index (χ0v) is 8.61. The predicted octanol–water partition coefficient (Wildman–Crippen LogP) is 2.80. The van der Waals surface area contributed by atoms with Crippen molar-refractivity contribution in [1.82, 2.24) is 0 Å². The van der Waals surface area contributed by atoms with Crippen molar-refractivity contribution in [3.8, 4) is 5.75 Å². The molecule has 1 aliphatic heterocycles. The van der Waals surface area contributed by atoms with Crippen LogP contribution in [0, 0.1) is 13.8 Å². The van der Waals surface area contributed by atoms with Crippen molar-refractivity contribution < 1.29 is 4.74 Å². The predicted molar refractivity (Wildman–Crippen MR) is 54.5 cm³/mol. The molecule has 0 spiro atoms. The minimum Gasteiger partial charge on any atom is -0.493 e. The first-order valence-electron chi connectivity index (χ1n) is 4.98. The van der Waals surface area contributed by atoms with Crippen molar-refractivity contribution in [3.05, 3.63) is 28.3 Å². The monoisotopic (exact) mass is 176 g/mol. The fourth-order valence-electron chi connectivity index (χ4n) is 2.15. The number of ether oxygens (including phenoxy) is 1. The van der Waals surface area contributed by atoms with Crippen molar-refractivity contribution in [1.29, 1.82) is 0 Å². The largest absolute Gasteiger partial charge is 0.493 e. The number of benzene rings is 1. The van der Waals surface area contributed by atoms with E-state index in [-0.39, 0.29) is 0 Å². The van der Waals surface area contributed by atoms with Crippen LogP contribution in [-0.4, -0.2) is 6.61 Å². The molecule has 1 nitrogen and oxygen atoms in total. The van der Waals surface area contributed by atoms with Crippen LogP contribution < -0.4 is 4.74 Å². The lowest BCUT2D eigenvalue weighted by atomic mass is 9.94. The minimum absolute atomic E-state index is 0.866. The van der Waals surface area contributed by atoms with Crippen LogP contribution in [0.3, 0.4) is 0 Å². The van der Waals surface area contributed by atoms with E-state index >= 15 is 0 Å². The van der Waals surface area contributed by atoms with E-state index in [1.807, 2.05) is 0 Å². The summed E-state index contributed by atoms with van der Waals surface area (Å²) in [6.45, 7) is 7.47. The molecule has 0 amide bonds. The van der Waals surface area contributed by atoms with Gasteiger partial charge in [0.05, 0.1) is 6.61 Å². The van der Waals surface area contributed by atoms with Crippen LogP contribution in [0.4, 0.5) is 0 Å². The standard InChI is InChI=1S/C12H16O/c1-4-10-9(3)8(2)7-12-11(10)5-6-13-12/h7H,4-6H2,1-3H3. The molecule has 0 aliphatic carbocycles. The Morgan fingerprint density at radius 1 is 1.38 bits per heavy atom. The van der Waals surface area contributed by atoms with Crippen molar-refractivity contribution in [2.75, 3.05) is 6.61 Å². The fourth-order valence-corrected chi connectivity index (χ4v) is 2.15. The minimum atomic E-state index is 0.866. The van der Waals surface area contributed by atoms with Gasteiger partial charge in [0.2, 0.25) is 0 Å². The Labute approximate surface area is 79.7 Å². The van der Waals surface area contributed by atoms with Gasteiger partial charge in [0.25, 0.3) is 0 Å². The number of fused-ring (bicyclic) bond motifs is 1. The van der Waals surface area contributed by atoms with Crippen LogP contribution >= 0.6 is 0 Å². The van der Waals surface area contributed by atoms with Crippen LogP contribution in [0.5, 0.6) is 5.75 Å². The molecule has 1 heterocycles. The van der Waals surface area contributed by atoms with Crippen LogP contribution in [0.2, 0.25) is 0 Å². The van der Waals surface area contributed by atoms with Gasteiger partial charge in [-0.3, -0.25) is 0 Å². The van der Waals surface area contributed by atoms with Crippen molar-refractivity contribution >= 4 is 0 Å². The maximum atomic E-state index is 5.58. The molecule has 1 aliphatic rings. The average Bonchev–Trinajstić information content (AvgIpc) is 2.54. The second-order valence-corrected chi connectivity index (χ2v) is 3.73. The van der Waals surface area contributed by atoms with Crippen molar-refractivity contribution in [3.63, 3.8) is 0 Å². The zero-order chi connectivity index (χ0) is 9.42. The summed E-state index contributed by atoms with van der Waals surface area (Å²) >= 11 is 0. The molecular formula is C12H16O. The first kappa shape index (κ1) is 8.61. The highest BCUT2D eigenvalue weighted by Gasteiger charge is 2.17. The second kappa shape index (κ2) is 3.06. The fraction of sp³-hybridized carbons (Fsp3) is 0.500. The van der Waals surface area contributed by atoms with E-state index in [2.05, 4.69) is 26.8 Å². The molecule has 0 atom stereocenters. The Bertz CT molecular complexity index is 339. The Morgan fingerprint density at radius 2 is 2.15 bits per heavy atom. The number of aryl methyl sites for hydroxylation is 1. The summed E-state index contributed by atoms with van der Waals surface area (Å²) in [4.78, 5) is 0. The summed E-state index contributed by atoms with van der Waals surface area (Å²) in [7, 11) is 0. The lowest BCUT2D eigenvalue weighted by Crippen LogP contribution is -1.95. The van der Waals surface area contributed by atoms with E-state index in [0.29, 0.717) is 0 Å². The molecule has 2 rings (SSSR count). The molecule has 70 valence electrons. The molecule has 0 N–H and O–H groups in total. The third-order valence-corrected chi connectivity index (χ3v) is 3.02. The lowest BCUT2D eigenvalue weighted by Gasteiger charge is -2.11. The van der Waals surface area contributed by atoms with Crippen molar-refractivity contribution in [2.24, 2.45) is 0 Å². The zero-order valence-electron chi connectivity index (χ0n) is 8.61. The molecule has 1 heteroatoms. The molecular weight excluding hydrogens is 160 g/mol. The van der Waals surface area contributed by atoms with Gasteiger partial charge in [-0.1, -0.05) is 6.92 Å². The van der Waals surface area contributed by atoms with E-state index in [0.717, 1.165) is 25.2 Å². The van der Waals surface area contributed by atoms with Gasteiger partial charge in [0.1, 0.15) is 5.75 Å². The molecule has 0 saturated heterocycles. The van der Waals surface area contributed by atoms with E-state index in [9.17, 15) is 0 Å².